The van der Waals surface area contributed by atoms with Crippen molar-refractivity contribution in [3.05, 3.63) is 29.6 Å². The number of anilines is 1. The summed E-state index contributed by atoms with van der Waals surface area (Å²) in [5.41, 5.74) is 7.21. The molecule has 0 aliphatic rings. The van der Waals surface area contributed by atoms with Crippen LogP contribution in [0, 0.1) is 5.82 Å². The van der Waals surface area contributed by atoms with Gasteiger partial charge in [0.2, 0.25) is 0 Å². The number of rotatable bonds is 6. The van der Waals surface area contributed by atoms with Gasteiger partial charge in [0, 0.05) is 19.6 Å². The van der Waals surface area contributed by atoms with Gasteiger partial charge in [-0.25, -0.2) is 4.39 Å². The summed E-state index contributed by atoms with van der Waals surface area (Å²) in [7, 11) is 6.00. The van der Waals surface area contributed by atoms with Crippen LogP contribution in [-0.2, 0) is 0 Å². The maximum atomic E-state index is 13.9. The van der Waals surface area contributed by atoms with E-state index in [9.17, 15) is 4.39 Å². The molecule has 0 unspecified atom stereocenters. The molecule has 0 saturated heterocycles. The molecule has 0 fully saturated rings. The Morgan fingerprint density at radius 2 is 1.89 bits per heavy atom. The summed E-state index contributed by atoms with van der Waals surface area (Å²) in [6.45, 7) is 3.70. The van der Waals surface area contributed by atoms with Crippen molar-refractivity contribution in [2.75, 3.05) is 39.1 Å². The SMILES string of the molecule is C[C@H](N)c1ccc(N(C)CCCN(C)C)c(F)c1. The van der Waals surface area contributed by atoms with Crippen LogP contribution in [0.5, 0.6) is 0 Å². The van der Waals surface area contributed by atoms with Crippen LogP contribution in [-0.4, -0.2) is 39.1 Å². The summed E-state index contributed by atoms with van der Waals surface area (Å²) in [6.07, 6.45) is 1.01. The van der Waals surface area contributed by atoms with Crippen LogP contribution in [0.25, 0.3) is 0 Å². The van der Waals surface area contributed by atoms with Crippen LogP contribution < -0.4 is 10.6 Å². The molecule has 0 saturated carbocycles. The number of halogens is 1. The standard InChI is InChI=1S/C14H24FN3/c1-11(16)12-6-7-14(13(15)10-12)18(4)9-5-8-17(2)3/h6-7,10-11H,5,8-9,16H2,1-4H3/t11-/m0/s1. The number of hydrogen-bond acceptors (Lipinski definition) is 3. The van der Waals surface area contributed by atoms with E-state index in [1.807, 2.05) is 45.1 Å². The Balaban J connectivity index is 2.65. The molecule has 1 atom stereocenters. The minimum absolute atomic E-state index is 0.132. The van der Waals surface area contributed by atoms with Gasteiger partial charge in [0.1, 0.15) is 5.82 Å². The molecule has 3 nitrogen and oxygen atoms in total. The van der Waals surface area contributed by atoms with Gasteiger partial charge in [-0.05, 0) is 51.7 Å². The highest BCUT2D eigenvalue weighted by atomic mass is 19.1. The molecular formula is C14H24FN3. The van der Waals surface area contributed by atoms with Crippen LogP contribution in [0.1, 0.15) is 24.9 Å². The third kappa shape index (κ3) is 4.27. The lowest BCUT2D eigenvalue weighted by Gasteiger charge is -2.21. The van der Waals surface area contributed by atoms with Crippen molar-refractivity contribution in [2.24, 2.45) is 5.73 Å². The number of hydrogen-bond donors (Lipinski definition) is 1. The van der Waals surface area contributed by atoms with Crippen LogP contribution >= 0.6 is 0 Å². The Kier molecular flexibility index (Phi) is 5.56. The van der Waals surface area contributed by atoms with Crippen LogP contribution in [0.3, 0.4) is 0 Å². The van der Waals surface area contributed by atoms with E-state index in [0.717, 1.165) is 25.1 Å². The minimum atomic E-state index is -0.197. The Morgan fingerprint density at radius 3 is 2.39 bits per heavy atom. The summed E-state index contributed by atoms with van der Waals surface area (Å²) in [5, 5.41) is 0. The molecule has 4 heteroatoms. The van der Waals surface area contributed by atoms with Crippen molar-refractivity contribution in [2.45, 2.75) is 19.4 Å². The van der Waals surface area contributed by atoms with Gasteiger partial charge in [-0.3, -0.25) is 0 Å². The predicted octanol–water partition coefficient (Wildman–Crippen LogP) is 2.23. The van der Waals surface area contributed by atoms with Crippen molar-refractivity contribution in [3.63, 3.8) is 0 Å². The van der Waals surface area contributed by atoms with E-state index < -0.39 is 0 Å². The zero-order valence-electron chi connectivity index (χ0n) is 11.8. The Hall–Kier alpha value is -1.13. The van der Waals surface area contributed by atoms with E-state index in [0.29, 0.717) is 5.69 Å². The summed E-state index contributed by atoms with van der Waals surface area (Å²) in [4.78, 5) is 4.08. The van der Waals surface area contributed by atoms with Crippen LogP contribution in [0.2, 0.25) is 0 Å². The molecule has 1 aromatic rings. The Labute approximate surface area is 109 Å². The molecule has 102 valence electrons. The zero-order chi connectivity index (χ0) is 13.7. The molecule has 1 aromatic carbocycles. The largest absolute Gasteiger partial charge is 0.372 e. The smallest absolute Gasteiger partial charge is 0.146 e. The fourth-order valence-corrected chi connectivity index (χ4v) is 1.86. The fourth-order valence-electron chi connectivity index (χ4n) is 1.86. The van der Waals surface area contributed by atoms with E-state index >= 15 is 0 Å². The highest BCUT2D eigenvalue weighted by Gasteiger charge is 2.09. The Bertz CT molecular complexity index is 377. The molecule has 18 heavy (non-hydrogen) atoms. The van der Waals surface area contributed by atoms with E-state index in [4.69, 9.17) is 5.73 Å². The highest BCUT2D eigenvalue weighted by molar-refractivity contribution is 5.48. The van der Waals surface area contributed by atoms with E-state index in [1.165, 1.54) is 6.07 Å². The van der Waals surface area contributed by atoms with Gasteiger partial charge in [-0.2, -0.15) is 0 Å². The average Bonchev–Trinajstić information content (AvgIpc) is 2.27. The minimum Gasteiger partial charge on any atom is -0.372 e. The first-order chi connectivity index (χ1) is 8.41. The van der Waals surface area contributed by atoms with Gasteiger partial charge in [0.15, 0.2) is 0 Å². The van der Waals surface area contributed by atoms with Crippen LogP contribution in [0.4, 0.5) is 10.1 Å². The van der Waals surface area contributed by atoms with Crippen molar-refractivity contribution < 1.29 is 4.39 Å². The molecule has 2 N–H and O–H groups in total. The molecule has 0 amide bonds. The second-order valence-corrected chi connectivity index (χ2v) is 5.08. The lowest BCUT2D eigenvalue weighted by Crippen LogP contribution is -2.24. The quantitative estimate of drug-likeness (QED) is 0.844. The number of nitrogens with zero attached hydrogens (tertiary/aromatic N) is 2. The summed E-state index contributed by atoms with van der Waals surface area (Å²) in [5.74, 6) is -0.197. The van der Waals surface area contributed by atoms with Gasteiger partial charge >= 0.3 is 0 Å². The van der Waals surface area contributed by atoms with Gasteiger partial charge in [-0.1, -0.05) is 6.07 Å². The second kappa shape index (κ2) is 6.71. The number of benzene rings is 1. The summed E-state index contributed by atoms with van der Waals surface area (Å²) in [6, 6.07) is 5.10. The lowest BCUT2D eigenvalue weighted by molar-refractivity contribution is 0.401. The van der Waals surface area contributed by atoms with E-state index in [1.54, 1.807) is 0 Å². The van der Waals surface area contributed by atoms with E-state index in [2.05, 4.69) is 4.90 Å². The van der Waals surface area contributed by atoms with Gasteiger partial charge in [0.05, 0.1) is 5.69 Å². The predicted molar refractivity (Wildman–Crippen MR) is 75.4 cm³/mol. The second-order valence-electron chi connectivity index (χ2n) is 5.08. The average molecular weight is 253 g/mol. The van der Waals surface area contributed by atoms with Gasteiger partial charge in [-0.15, -0.1) is 0 Å². The number of nitrogens with two attached hydrogens (primary N) is 1. The summed E-state index contributed by atoms with van der Waals surface area (Å²) < 4.78 is 13.9. The van der Waals surface area contributed by atoms with Crippen molar-refractivity contribution in [1.82, 2.24) is 4.90 Å². The molecular weight excluding hydrogens is 229 g/mol. The van der Waals surface area contributed by atoms with Gasteiger partial charge < -0.3 is 15.5 Å². The topological polar surface area (TPSA) is 32.5 Å². The molecule has 0 radical (unpaired) electrons. The third-order valence-corrected chi connectivity index (χ3v) is 3.01. The molecule has 0 aliphatic heterocycles. The molecule has 0 spiro atoms. The first kappa shape index (κ1) is 14.9. The third-order valence-electron chi connectivity index (χ3n) is 3.01. The summed E-state index contributed by atoms with van der Waals surface area (Å²) >= 11 is 0. The molecule has 0 aromatic heterocycles. The molecule has 1 rings (SSSR count). The maximum Gasteiger partial charge on any atom is 0.146 e. The first-order valence-corrected chi connectivity index (χ1v) is 6.32. The first-order valence-electron chi connectivity index (χ1n) is 6.32. The fraction of sp³-hybridized carbons (Fsp3) is 0.571. The molecule has 0 aliphatic carbocycles. The van der Waals surface area contributed by atoms with Crippen molar-refractivity contribution in [3.8, 4) is 0 Å². The lowest BCUT2D eigenvalue weighted by atomic mass is 10.1. The van der Waals surface area contributed by atoms with E-state index in [-0.39, 0.29) is 11.9 Å². The maximum absolute atomic E-state index is 13.9. The zero-order valence-corrected chi connectivity index (χ0v) is 11.8. The normalized spacial score (nSPS) is 12.8. The highest BCUT2D eigenvalue weighted by Crippen LogP contribution is 2.22. The van der Waals surface area contributed by atoms with Crippen molar-refractivity contribution in [1.29, 1.82) is 0 Å². The Morgan fingerprint density at radius 1 is 1.22 bits per heavy atom. The molecule has 0 bridgehead atoms. The van der Waals surface area contributed by atoms with Gasteiger partial charge in [0.25, 0.3) is 0 Å². The van der Waals surface area contributed by atoms with Crippen LogP contribution in [0.15, 0.2) is 18.2 Å². The van der Waals surface area contributed by atoms with Crippen molar-refractivity contribution >= 4 is 5.69 Å². The monoisotopic (exact) mass is 253 g/mol. The molecule has 0 heterocycles.